The van der Waals surface area contributed by atoms with Crippen molar-refractivity contribution < 1.29 is 17.9 Å². The lowest BCUT2D eigenvalue weighted by molar-refractivity contribution is 0.0628. The van der Waals surface area contributed by atoms with E-state index in [-0.39, 0.29) is 28.9 Å². The highest BCUT2D eigenvalue weighted by Crippen LogP contribution is 2.32. The van der Waals surface area contributed by atoms with Gasteiger partial charge in [0.25, 0.3) is 0 Å². The predicted octanol–water partition coefficient (Wildman–Crippen LogP) is 4.69. The van der Waals surface area contributed by atoms with E-state index >= 15 is 0 Å². The van der Waals surface area contributed by atoms with Crippen LogP contribution in [0.5, 0.6) is 0 Å². The molecule has 3 aromatic rings. The maximum Gasteiger partial charge on any atom is 0.244 e. The van der Waals surface area contributed by atoms with E-state index in [1.54, 1.807) is 24.4 Å². The molecule has 164 valence electrons. The van der Waals surface area contributed by atoms with Crippen LogP contribution < -0.4 is 0 Å². The Hall–Kier alpha value is -1.78. The molecule has 0 amide bonds. The van der Waals surface area contributed by atoms with Crippen LogP contribution in [0.3, 0.4) is 0 Å². The van der Waals surface area contributed by atoms with Crippen molar-refractivity contribution in [2.24, 2.45) is 5.92 Å². The van der Waals surface area contributed by atoms with Crippen molar-refractivity contribution in [1.82, 2.24) is 14.3 Å². The molecule has 4 rings (SSSR count). The molecule has 0 bridgehead atoms. The highest BCUT2D eigenvalue weighted by molar-refractivity contribution is 9.10. The van der Waals surface area contributed by atoms with Gasteiger partial charge in [-0.25, -0.2) is 17.8 Å². The van der Waals surface area contributed by atoms with Crippen LogP contribution in [0.25, 0.3) is 22.6 Å². The Morgan fingerprint density at radius 1 is 1.26 bits per heavy atom. The summed E-state index contributed by atoms with van der Waals surface area (Å²) in [6.07, 6.45) is 1.43. The van der Waals surface area contributed by atoms with Gasteiger partial charge >= 0.3 is 0 Å². The Morgan fingerprint density at radius 2 is 2.00 bits per heavy atom. The number of aromatic nitrogens is 2. The van der Waals surface area contributed by atoms with Gasteiger partial charge in [0, 0.05) is 24.2 Å². The summed E-state index contributed by atoms with van der Waals surface area (Å²) in [6.45, 7) is 2.28. The predicted molar refractivity (Wildman–Crippen MR) is 121 cm³/mol. The lowest BCUT2D eigenvalue weighted by atomic mass is 9.99. The van der Waals surface area contributed by atoms with Crippen molar-refractivity contribution in [3.05, 3.63) is 57.9 Å². The number of rotatable bonds is 4. The van der Waals surface area contributed by atoms with Crippen molar-refractivity contribution in [2.45, 2.75) is 24.3 Å². The van der Waals surface area contributed by atoms with E-state index in [9.17, 15) is 17.9 Å². The van der Waals surface area contributed by atoms with Gasteiger partial charge in [-0.2, -0.15) is 4.31 Å². The van der Waals surface area contributed by atoms with Gasteiger partial charge in [0.05, 0.1) is 27.5 Å². The second-order valence-corrected chi connectivity index (χ2v) is 10.8. The average molecular weight is 529 g/mol. The standard InChI is InChI=1S/C21H20BrClFN3O3S/c1-12-11-27(7-6-19(12)28)31(29,30)20-9-14(3-5-16(20)23)21-25-10-18(26-21)13-2-4-15(22)17(24)8-13/h2-5,8-10,12,19,28H,6-7,11H2,1H3,(H,25,26)/t12?,19-/m1/s1. The summed E-state index contributed by atoms with van der Waals surface area (Å²) in [4.78, 5) is 7.42. The highest BCUT2D eigenvalue weighted by Gasteiger charge is 2.34. The number of piperidine rings is 1. The van der Waals surface area contributed by atoms with Gasteiger partial charge in [0.15, 0.2) is 0 Å². The topological polar surface area (TPSA) is 86.3 Å². The molecule has 2 atom stereocenters. The largest absolute Gasteiger partial charge is 0.393 e. The van der Waals surface area contributed by atoms with Crippen LogP contribution in [0.4, 0.5) is 4.39 Å². The lowest BCUT2D eigenvalue weighted by Gasteiger charge is -2.33. The second-order valence-electron chi connectivity index (χ2n) is 7.62. The van der Waals surface area contributed by atoms with E-state index < -0.39 is 21.9 Å². The van der Waals surface area contributed by atoms with Crippen LogP contribution in [0.1, 0.15) is 13.3 Å². The van der Waals surface area contributed by atoms with Crippen LogP contribution in [0.15, 0.2) is 52.0 Å². The Kier molecular flexibility index (Phi) is 6.24. The molecular weight excluding hydrogens is 509 g/mol. The number of aliphatic hydroxyl groups excluding tert-OH is 1. The molecule has 6 nitrogen and oxygen atoms in total. The third-order valence-corrected chi connectivity index (χ3v) is 8.44. The number of nitrogens with one attached hydrogen (secondary N) is 1. The molecule has 10 heteroatoms. The second kappa shape index (κ2) is 8.63. The van der Waals surface area contributed by atoms with Gasteiger partial charge in [-0.05, 0) is 58.6 Å². The van der Waals surface area contributed by atoms with Crippen LogP contribution in [-0.4, -0.2) is 47.0 Å². The van der Waals surface area contributed by atoms with E-state index in [0.717, 1.165) is 0 Å². The molecular formula is C21H20BrClFN3O3S. The number of sulfonamides is 1. The number of H-pyrrole nitrogens is 1. The average Bonchev–Trinajstić information content (AvgIpc) is 3.22. The highest BCUT2D eigenvalue weighted by atomic mass is 79.9. The molecule has 0 saturated carbocycles. The number of imidazole rings is 1. The van der Waals surface area contributed by atoms with E-state index in [1.807, 2.05) is 6.92 Å². The zero-order valence-corrected chi connectivity index (χ0v) is 19.7. The molecule has 31 heavy (non-hydrogen) atoms. The minimum atomic E-state index is -3.84. The third-order valence-electron chi connectivity index (χ3n) is 5.45. The number of aliphatic hydroxyl groups is 1. The maximum atomic E-state index is 13.9. The number of hydrogen-bond acceptors (Lipinski definition) is 4. The first-order valence-corrected chi connectivity index (χ1v) is 12.3. The quantitative estimate of drug-likeness (QED) is 0.514. The molecule has 1 fully saturated rings. The van der Waals surface area contributed by atoms with Gasteiger partial charge in [-0.1, -0.05) is 24.6 Å². The number of halogens is 3. The maximum absolute atomic E-state index is 13.9. The summed E-state index contributed by atoms with van der Waals surface area (Å²) in [7, 11) is -3.84. The smallest absolute Gasteiger partial charge is 0.244 e. The van der Waals surface area contributed by atoms with Crippen LogP contribution in [0, 0.1) is 11.7 Å². The number of aromatic amines is 1. The summed E-state index contributed by atoms with van der Waals surface area (Å²) in [6, 6.07) is 9.41. The number of benzene rings is 2. The SMILES string of the molecule is CC1CN(S(=O)(=O)c2cc(-c3ncc(-c4ccc(Br)c(F)c4)[nH]3)ccc2Cl)CC[C@H]1O. The molecule has 1 aliphatic heterocycles. The van der Waals surface area contributed by atoms with E-state index in [0.29, 0.717) is 33.5 Å². The normalized spacial score (nSPS) is 20.2. The van der Waals surface area contributed by atoms with Crippen LogP contribution >= 0.6 is 27.5 Å². The molecule has 1 saturated heterocycles. The van der Waals surface area contributed by atoms with Gasteiger partial charge in [-0.3, -0.25) is 0 Å². The molecule has 0 aliphatic carbocycles. The monoisotopic (exact) mass is 527 g/mol. The number of hydrogen-bond donors (Lipinski definition) is 2. The van der Waals surface area contributed by atoms with Gasteiger partial charge in [0.2, 0.25) is 10.0 Å². The summed E-state index contributed by atoms with van der Waals surface area (Å²) < 4.78 is 42.0. The van der Waals surface area contributed by atoms with Gasteiger partial charge < -0.3 is 10.1 Å². The third kappa shape index (κ3) is 4.42. The fourth-order valence-corrected chi connectivity index (χ4v) is 5.88. The van der Waals surface area contributed by atoms with E-state index in [2.05, 4.69) is 25.9 Å². The molecule has 1 aromatic heterocycles. The Balaban J connectivity index is 1.67. The fraction of sp³-hybridized carbons (Fsp3) is 0.286. The molecule has 1 unspecified atom stereocenters. The Morgan fingerprint density at radius 3 is 2.71 bits per heavy atom. The summed E-state index contributed by atoms with van der Waals surface area (Å²) in [5, 5.41) is 10.0. The summed E-state index contributed by atoms with van der Waals surface area (Å²) >= 11 is 9.38. The molecule has 2 heterocycles. The Labute approximate surface area is 193 Å². The van der Waals surface area contributed by atoms with Crippen molar-refractivity contribution >= 4 is 37.6 Å². The summed E-state index contributed by atoms with van der Waals surface area (Å²) in [5.74, 6) is -0.118. The Bertz CT molecular complexity index is 1230. The molecule has 2 N–H and O–H groups in total. The zero-order chi connectivity index (χ0) is 22.3. The molecule has 2 aromatic carbocycles. The minimum Gasteiger partial charge on any atom is -0.393 e. The van der Waals surface area contributed by atoms with E-state index in [4.69, 9.17) is 11.6 Å². The van der Waals surface area contributed by atoms with Crippen LogP contribution in [0.2, 0.25) is 5.02 Å². The summed E-state index contributed by atoms with van der Waals surface area (Å²) in [5.41, 5.74) is 1.75. The van der Waals surface area contributed by atoms with Gasteiger partial charge in [0.1, 0.15) is 16.5 Å². The first-order valence-electron chi connectivity index (χ1n) is 9.65. The first-order chi connectivity index (χ1) is 14.7. The lowest BCUT2D eigenvalue weighted by Crippen LogP contribution is -2.44. The first kappa shape index (κ1) is 22.4. The molecule has 1 aliphatic rings. The minimum absolute atomic E-state index is 0.0112. The van der Waals surface area contributed by atoms with Gasteiger partial charge in [-0.15, -0.1) is 0 Å². The van der Waals surface area contributed by atoms with Crippen LogP contribution in [-0.2, 0) is 10.0 Å². The number of nitrogens with zero attached hydrogens (tertiary/aromatic N) is 2. The fourth-order valence-electron chi connectivity index (χ4n) is 3.58. The van der Waals surface area contributed by atoms with Crippen molar-refractivity contribution in [1.29, 1.82) is 0 Å². The molecule has 0 spiro atoms. The van der Waals surface area contributed by atoms with Crippen molar-refractivity contribution in [3.8, 4) is 22.6 Å². The zero-order valence-electron chi connectivity index (χ0n) is 16.5. The molecule has 0 radical (unpaired) electrons. The van der Waals surface area contributed by atoms with E-state index in [1.165, 1.54) is 22.5 Å². The van der Waals surface area contributed by atoms with Crippen molar-refractivity contribution in [2.75, 3.05) is 13.1 Å². The van der Waals surface area contributed by atoms with Crippen molar-refractivity contribution in [3.63, 3.8) is 0 Å².